The molecule has 3 rings (SSSR count). The summed E-state index contributed by atoms with van der Waals surface area (Å²) in [4.78, 5) is 37.8. The maximum Gasteiger partial charge on any atom is 0.331 e. The summed E-state index contributed by atoms with van der Waals surface area (Å²) in [6.07, 6.45) is 1.19. The van der Waals surface area contributed by atoms with E-state index in [0.29, 0.717) is 42.1 Å². The second kappa shape index (κ2) is 8.22. The highest BCUT2D eigenvalue weighted by Crippen LogP contribution is 2.29. The largest absolute Gasteiger partial charge is 0.497 e. The molecule has 2 aromatic rings. The van der Waals surface area contributed by atoms with Gasteiger partial charge in [-0.05, 0) is 38.0 Å². The number of methoxy groups -OCH3 is 2. The van der Waals surface area contributed by atoms with Gasteiger partial charge in [-0.3, -0.25) is 14.2 Å². The molecule has 0 radical (unpaired) electrons. The van der Waals surface area contributed by atoms with Gasteiger partial charge in [-0.1, -0.05) is 0 Å². The number of ether oxygens (including phenoxy) is 2. The first-order valence-electron chi connectivity index (χ1n) is 9.19. The van der Waals surface area contributed by atoms with Crippen LogP contribution in [-0.2, 0) is 24.3 Å². The van der Waals surface area contributed by atoms with E-state index < -0.39 is 29.7 Å². The van der Waals surface area contributed by atoms with Crippen molar-refractivity contribution in [2.45, 2.75) is 38.9 Å². The molecule has 9 heteroatoms. The van der Waals surface area contributed by atoms with Gasteiger partial charge in [0.2, 0.25) is 5.91 Å². The molecular formula is C20H22N4O5. The van der Waals surface area contributed by atoms with E-state index in [4.69, 9.17) is 9.47 Å². The number of nitrogens with zero attached hydrogens (tertiary/aromatic N) is 3. The number of hydrogen-bond acceptors (Lipinski definition) is 6. The smallest absolute Gasteiger partial charge is 0.331 e. The first-order chi connectivity index (χ1) is 13.9. The summed E-state index contributed by atoms with van der Waals surface area (Å²) in [5, 5.41) is 12.1. The first-order valence-corrected chi connectivity index (χ1v) is 9.19. The van der Waals surface area contributed by atoms with Crippen LogP contribution in [0.15, 0.2) is 27.8 Å². The second-order valence-corrected chi connectivity index (χ2v) is 6.76. The van der Waals surface area contributed by atoms with Crippen LogP contribution in [0.25, 0.3) is 0 Å². The van der Waals surface area contributed by atoms with Crippen molar-refractivity contribution < 1.29 is 14.3 Å². The number of nitriles is 1. The number of carbonyl (C=O) groups excluding carboxylic acids is 1. The van der Waals surface area contributed by atoms with Gasteiger partial charge in [-0.25, -0.2) is 9.36 Å². The summed E-state index contributed by atoms with van der Waals surface area (Å²) in [7, 11) is 3.06. The van der Waals surface area contributed by atoms with Gasteiger partial charge in [0.05, 0.1) is 20.3 Å². The number of benzene rings is 1. The number of fused-ring (bicyclic) bond motifs is 1. The number of carbonyl (C=O) groups is 1. The van der Waals surface area contributed by atoms with E-state index in [0.717, 1.165) is 4.57 Å². The lowest BCUT2D eigenvalue weighted by atomic mass is 10.1. The van der Waals surface area contributed by atoms with Crippen LogP contribution in [0.2, 0.25) is 0 Å². The molecule has 152 valence electrons. The number of aromatic nitrogens is 2. The summed E-state index contributed by atoms with van der Waals surface area (Å²) in [5.41, 5.74) is -0.224. The third-order valence-electron chi connectivity index (χ3n) is 5.02. The second-order valence-electron chi connectivity index (χ2n) is 6.76. The molecule has 1 aromatic heterocycles. The van der Waals surface area contributed by atoms with E-state index in [1.165, 1.54) is 18.8 Å². The molecule has 1 atom stereocenters. The number of rotatable bonds is 6. The Morgan fingerprint density at radius 1 is 1.31 bits per heavy atom. The fraction of sp³-hybridized carbons (Fsp3) is 0.400. The average molecular weight is 398 g/mol. The molecule has 1 amide bonds. The van der Waals surface area contributed by atoms with Gasteiger partial charge >= 0.3 is 5.69 Å². The number of hydrogen-bond donors (Lipinski definition) is 1. The quantitative estimate of drug-likeness (QED) is 0.767. The minimum Gasteiger partial charge on any atom is -0.497 e. The standard InChI is InChI=1S/C20H22N4O5/c1-12(14-9-13(28-2)6-7-17(14)29-3)22-18(25)11-24-19(26)15(10-21)16-5-4-8-23(16)20(24)27/h6-7,9,12H,4-5,8,11H2,1-3H3,(H,22,25)/t12-/m1/s1. The topological polar surface area (TPSA) is 115 Å². The molecule has 9 nitrogen and oxygen atoms in total. The lowest BCUT2D eigenvalue weighted by Gasteiger charge is -2.19. The van der Waals surface area contributed by atoms with Gasteiger partial charge in [-0.2, -0.15) is 5.26 Å². The molecule has 1 aliphatic heterocycles. The molecule has 2 heterocycles. The molecule has 0 saturated heterocycles. The highest BCUT2D eigenvalue weighted by Gasteiger charge is 2.24. The predicted octanol–water partition coefficient (Wildman–Crippen LogP) is 0.722. The van der Waals surface area contributed by atoms with Crippen molar-refractivity contribution in [3.8, 4) is 17.6 Å². The summed E-state index contributed by atoms with van der Waals surface area (Å²) in [6.45, 7) is 1.72. The van der Waals surface area contributed by atoms with E-state index >= 15 is 0 Å². The van der Waals surface area contributed by atoms with Crippen LogP contribution in [0, 0.1) is 11.3 Å². The minimum atomic E-state index is -0.729. The summed E-state index contributed by atoms with van der Waals surface area (Å²) < 4.78 is 12.8. The fourth-order valence-corrected chi connectivity index (χ4v) is 3.57. The number of nitrogens with one attached hydrogen (secondary N) is 1. The molecule has 0 saturated carbocycles. The zero-order valence-electron chi connectivity index (χ0n) is 16.5. The Bertz CT molecular complexity index is 1110. The molecule has 0 bridgehead atoms. The third kappa shape index (κ3) is 3.74. The molecule has 1 N–H and O–H groups in total. The van der Waals surface area contributed by atoms with Crippen LogP contribution >= 0.6 is 0 Å². The maximum atomic E-state index is 12.6. The Labute approximate surface area is 167 Å². The van der Waals surface area contributed by atoms with Crippen molar-refractivity contribution in [1.82, 2.24) is 14.5 Å². The van der Waals surface area contributed by atoms with Gasteiger partial charge in [0.15, 0.2) is 0 Å². The lowest BCUT2D eigenvalue weighted by Crippen LogP contribution is -2.45. The molecule has 0 aliphatic carbocycles. The number of amides is 1. The van der Waals surface area contributed by atoms with Crippen molar-refractivity contribution in [3.63, 3.8) is 0 Å². The zero-order valence-corrected chi connectivity index (χ0v) is 16.5. The van der Waals surface area contributed by atoms with E-state index in [1.807, 2.05) is 6.07 Å². The van der Waals surface area contributed by atoms with Gasteiger partial charge in [-0.15, -0.1) is 0 Å². The summed E-state index contributed by atoms with van der Waals surface area (Å²) in [5.74, 6) is 0.651. The summed E-state index contributed by atoms with van der Waals surface area (Å²) in [6, 6.07) is 6.63. The van der Waals surface area contributed by atoms with E-state index in [-0.39, 0.29) is 5.56 Å². The van der Waals surface area contributed by atoms with Crippen LogP contribution in [0.1, 0.15) is 36.2 Å². The molecule has 0 spiro atoms. The normalized spacial score (nSPS) is 13.3. The van der Waals surface area contributed by atoms with E-state index in [9.17, 15) is 19.6 Å². The van der Waals surface area contributed by atoms with Crippen molar-refractivity contribution in [3.05, 3.63) is 55.9 Å². The van der Waals surface area contributed by atoms with Crippen molar-refractivity contribution in [2.24, 2.45) is 0 Å². The van der Waals surface area contributed by atoms with E-state index in [1.54, 1.807) is 25.1 Å². The monoisotopic (exact) mass is 398 g/mol. The van der Waals surface area contributed by atoms with Gasteiger partial charge < -0.3 is 14.8 Å². The highest BCUT2D eigenvalue weighted by atomic mass is 16.5. The molecule has 0 fully saturated rings. The Kier molecular flexibility index (Phi) is 5.73. The Hall–Kier alpha value is -3.54. The molecule has 29 heavy (non-hydrogen) atoms. The van der Waals surface area contributed by atoms with Crippen LogP contribution in [0.4, 0.5) is 0 Å². The molecular weight excluding hydrogens is 376 g/mol. The SMILES string of the molecule is COc1ccc(OC)c([C@@H](C)NC(=O)Cn2c(=O)c(C#N)c3n(c2=O)CCC3)c1. The van der Waals surface area contributed by atoms with Crippen molar-refractivity contribution >= 4 is 5.91 Å². The van der Waals surface area contributed by atoms with Crippen LogP contribution in [-0.4, -0.2) is 29.3 Å². The summed E-state index contributed by atoms with van der Waals surface area (Å²) >= 11 is 0. The molecule has 1 aromatic carbocycles. The average Bonchev–Trinajstić information content (AvgIpc) is 3.20. The fourth-order valence-electron chi connectivity index (χ4n) is 3.57. The van der Waals surface area contributed by atoms with Gasteiger partial charge in [0.1, 0.15) is 29.7 Å². The van der Waals surface area contributed by atoms with Crippen LogP contribution in [0.5, 0.6) is 11.5 Å². The van der Waals surface area contributed by atoms with Crippen LogP contribution in [0.3, 0.4) is 0 Å². The minimum absolute atomic E-state index is 0.0718. The lowest BCUT2D eigenvalue weighted by molar-refractivity contribution is -0.122. The third-order valence-corrected chi connectivity index (χ3v) is 5.02. The molecule has 0 unspecified atom stereocenters. The van der Waals surface area contributed by atoms with Gasteiger partial charge in [0, 0.05) is 17.8 Å². The van der Waals surface area contributed by atoms with Crippen molar-refractivity contribution in [1.29, 1.82) is 5.26 Å². The Morgan fingerprint density at radius 2 is 2.07 bits per heavy atom. The van der Waals surface area contributed by atoms with E-state index in [2.05, 4.69) is 5.32 Å². The molecule has 1 aliphatic rings. The van der Waals surface area contributed by atoms with Crippen molar-refractivity contribution in [2.75, 3.05) is 14.2 Å². The zero-order chi connectivity index (χ0) is 21.1. The first kappa shape index (κ1) is 20.2. The predicted molar refractivity (Wildman–Crippen MR) is 104 cm³/mol. The van der Waals surface area contributed by atoms with Crippen LogP contribution < -0.4 is 26.0 Å². The highest BCUT2D eigenvalue weighted by molar-refractivity contribution is 5.76. The Morgan fingerprint density at radius 3 is 2.72 bits per heavy atom. The van der Waals surface area contributed by atoms with Gasteiger partial charge in [0.25, 0.3) is 5.56 Å². The maximum absolute atomic E-state index is 12.6. The Balaban J connectivity index is 1.87.